The maximum Gasteiger partial charge on any atom is 0.333 e. The van der Waals surface area contributed by atoms with Crippen LogP contribution in [0.2, 0.25) is 5.02 Å². The van der Waals surface area contributed by atoms with Crippen molar-refractivity contribution in [1.82, 2.24) is 5.43 Å². The average molecular weight is 230 g/mol. The van der Waals surface area contributed by atoms with E-state index in [1.165, 1.54) is 7.11 Å². The summed E-state index contributed by atoms with van der Waals surface area (Å²) in [7, 11) is 1.49. The summed E-state index contributed by atoms with van der Waals surface area (Å²) in [5.41, 5.74) is 3.31. The van der Waals surface area contributed by atoms with Crippen LogP contribution in [0.4, 0.5) is 10.5 Å². The van der Waals surface area contributed by atoms with Gasteiger partial charge in [0, 0.05) is 11.1 Å². The zero-order chi connectivity index (χ0) is 11.4. The lowest BCUT2D eigenvalue weighted by atomic mass is 10.2. The fourth-order valence-electron chi connectivity index (χ4n) is 1.09. The zero-order valence-corrected chi connectivity index (χ0v) is 9.18. The van der Waals surface area contributed by atoms with Crippen molar-refractivity contribution < 1.29 is 9.53 Å². The Morgan fingerprint density at radius 1 is 1.53 bits per heavy atom. The van der Waals surface area contributed by atoms with Gasteiger partial charge < -0.3 is 10.1 Å². The Balaban J connectivity index is 3.05. The van der Waals surface area contributed by atoms with Gasteiger partial charge in [0.1, 0.15) is 5.75 Å². The lowest BCUT2D eigenvalue weighted by molar-refractivity contribution is 0.252. The minimum Gasteiger partial charge on any atom is -0.495 e. The molecule has 0 radical (unpaired) electrons. The van der Waals surface area contributed by atoms with Gasteiger partial charge in [-0.05, 0) is 18.6 Å². The van der Waals surface area contributed by atoms with Gasteiger partial charge in [0.25, 0.3) is 0 Å². The number of carbonyl (C=O) groups excluding carboxylic acids is 1. The van der Waals surface area contributed by atoms with Gasteiger partial charge in [0.05, 0.1) is 12.8 Å². The molecule has 0 bridgehead atoms. The van der Waals surface area contributed by atoms with Crippen molar-refractivity contribution in [1.29, 1.82) is 0 Å². The summed E-state index contributed by atoms with van der Waals surface area (Å²) >= 11 is 5.90. The number of rotatable bonds is 2. The maximum absolute atomic E-state index is 11.0. The van der Waals surface area contributed by atoms with Crippen LogP contribution in [-0.4, -0.2) is 13.1 Å². The first kappa shape index (κ1) is 11.6. The van der Waals surface area contributed by atoms with Crippen molar-refractivity contribution in [3.05, 3.63) is 22.7 Å². The summed E-state index contributed by atoms with van der Waals surface area (Å²) in [6, 6.07) is 2.81. The van der Waals surface area contributed by atoms with Crippen molar-refractivity contribution in [3.63, 3.8) is 0 Å². The molecule has 5 nitrogen and oxygen atoms in total. The molecule has 0 saturated carbocycles. The molecule has 2 amide bonds. The third-order valence-corrected chi connectivity index (χ3v) is 2.27. The lowest BCUT2D eigenvalue weighted by Crippen LogP contribution is -2.34. The molecular weight excluding hydrogens is 218 g/mol. The third kappa shape index (κ3) is 2.74. The molecule has 0 aliphatic rings. The Hall–Kier alpha value is -1.46. The first-order chi connectivity index (χ1) is 7.08. The van der Waals surface area contributed by atoms with Gasteiger partial charge >= 0.3 is 6.03 Å². The van der Waals surface area contributed by atoms with E-state index in [4.69, 9.17) is 22.2 Å². The van der Waals surface area contributed by atoms with Crippen molar-refractivity contribution in [2.45, 2.75) is 6.92 Å². The summed E-state index contributed by atoms with van der Waals surface area (Å²) in [5.74, 6) is 5.43. The summed E-state index contributed by atoms with van der Waals surface area (Å²) < 4.78 is 5.06. The number of halogens is 1. The molecule has 0 spiro atoms. The number of aryl methyl sites for hydroxylation is 1. The van der Waals surface area contributed by atoms with E-state index in [1.54, 1.807) is 12.1 Å². The van der Waals surface area contributed by atoms with Gasteiger partial charge in [0.15, 0.2) is 0 Å². The van der Waals surface area contributed by atoms with Crippen LogP contribution in [0.15, 0.2) is 12.1 Å². The predicted octanol–water partition coefficient (Wildman–Crippen LogP) is 1.65. The fourth-order valence-corrected chi connectivity index (χ4v) is 1.24. The Kier molecular flexibility index (Phi) is 3.76. The molecular formula is C9H12ClN3O2. The van der Waals surface area contributed by atoms with Crippen molar-refractivity contribution in [2.75, 3.05) is 12.4 Å². The van der Waals surface area contributed by atoms with Crippen LogP contribution in [0.1, 0.15) is 5.56 Å². The Labute approximate surface area is 92.5 Å². The number of hydrogen-bond acceptors (Lipinski definition) is 3. The average Bonchev–Trinajstić information content (AvgIpc) is 2.22. The molecule has 0 aliphatic heterocycles. The highest BCUT2D eigenvalue weighted by Gasteiger charge is 2.08. The smallest absolute Gasteiger partial charge is 0.333 e. The zero-order valence-electron chi connectivity index (χ0n) is 8.43. The van der Waals surface area contributed by atoms with E-state index < -0.39 is 6.03 Å². The van der Waals surface area contributed by atoms with E-state index in [-0.39, 0.29) is 0 Å². The fraction of sp³-hybridized carbons (Fsp3) is 0.222. The van der Waals surface area contributed by atoms with E-state index in [9.17, 15) is 4.79 Å². The topological polar surface area (TPSA) is 76.4 Å². The van der Waals surface area contributed by atoms with E-state index >= 15 is 0 Å². The standard InChI is InChI=1S/C9H12ClN3O2/c1-5-3-7(12-9(14)13-11)8(15-2)4-6(5)10/h3-4H,11H2,1-2H3,(H2,12,13,14). The molecule has 6 heteroatoms. The number of nitrogens with two attached hydrogens (primary N) is 1. The van der Waals surface area contributed by atoms with Gasteiger partial charge in [-0.1, -0.05) is 11.6 Å². The van der Waals surface area contributed by atoms with Crippen molar-refractivity contribution >= 4 is 23.3 Å². The van der Waals surface area contributed by atoms with Crippen LogP contribution < -0.4 is 21.3 Å². The molecule has 82 valence electrons. The largest absolute Gasteiger partial charge is 0.495 e. The number of nitrogens with one attached hydrogen (secondary N) is 2. The van der Waals surface area contributed by atoms with Crippen LogP contribution in [-0.2, 0) is 0 Å². The third-order valence-electron chi connectivity index (χ3n) is 1.86. The molecule has 0 fully saturated rings. The molecule has 1 aromatic carbocycles. The number of carbonyl (C=O) groups is 1. The number of hydrazine groups is 1. The second-order valence-corrected chi connectivity index (χ2v) is 3.31. The first-order valence-electron chi connectivity index (χ1n) is 4.20. The number of urea groups is 1. The highest BCUT2D eigenvalue weighted by molar-refractivity contribution is 6.31. The second kappa shape index (κ2) is 4.86. The van der Waals surface area contributed by atoms with E-state index in [2.05, 4.69) is 5.32 Å². The van der Waals surface area contributed by atoms with Gasteiger partial charge in [-0.15, -0.1) is 0 Å². The molecule has 0 saturated heterocycles. The van der Waals surface area contributed by atoms with E-state index in [1.807, 2.05) is 12.3 Å². The number of methoxy groups -OCH3 is 1. The van der Waals surface area contributed by atoms with Crippen LogP contribution in [0.5, 0.6) is 5.75 Å². The number of benzene rings is 1. The van der Waals surface area contributed by atoms with Crippen LogP contribution >= 0.6 is 11.6 Å². The quantitative estimate of drug-likeness (QED) is 0.410. The van der Waals surface area contributed by atoms with Crippen LogP contribution in [0.3, 0.4) is 0 Å². The van der Waals surface area contributed by atoms with Gasteiger partial charge in [-0.2, -0.15) is 0 Å². The van der Waals surface area contributed by atoms with Crippen molar-refractivity contribution in [3.8, 4) is 5.75 Å². The van der Waals surface area contributed by atoms with Crippen LogP contribution in [0, 0.1) is 6.92 Å². The molecule has 4 N–H and O–H groups in total. The Morgan fingerprint density at radius 2 is 2.20 bits per heavy atom. The summed E-state index contributed by atoms with van der Waals surface area (Å²) in [6.07, 6.45) is 0. The van der Waals surface area contributed by atoms with E-state index in [0.29, 0.717) is 16.5 Å². The highest BCUT2D eigenvalue weighted by Crippen LogP contribution is 2.30. The molecule has 0 aromatic heterocycles. The molecule has 1 rings (SSSR count). The number of anilines is 1. The van der Waals surface area contributed by atoms with Gasteiger partial charge in [0.2, 0.25) is 0 Å². The normalized spacial score (nSPS) is 9.60. The number of amides is 2. The molecule has 0 unspecified atom stereocenters. The molecule has 0 aliphatic carbocycles. The monoisotopic (exact) mass is 229 g/mol. The number of ether oxygens (including phenoxy) is 1. The lowest BCUT2D eigenvalue weighted by Gasteiger charge is -2.11. The molecule has 15 heavy (non-hydrogen) atoms. The Bertz CT molecular complexity index is 382. The first-order valence-corrected chi connectivity index (χ1v) is 4.58. The SMILES string of the molecule is COc1cc(Cl)c(C)cc1NC(=O)NN. The maximum atomic E-state index is 11.0. The van der Waals surface area contributed by atoms with Gasteiger partial charge in [-0.3, -0.25) is 5.43 Å². The summed E-state index contributed by atoms with van der Waals surface area (Å²) in [5, 5.41) is 3.10. The highest BCUT2D eigenvalue weighted by atomic mass is 35.5. The predicted molar refractivity (Wildman–Crippen MR) is 59.1 cm³/mol. The second-order valence-electron chi connectivity index (χ2n) is 2.90. The Morgan fingerprint density at radius 3 is 2.73 bits per heavy atom. The summed E-state index contributed by atoms with van der Waals surface area (Å²) in [4.78, 5) is 11.0. The van der Waals surface area contributed by atoms with Gasteiger partial charge in [-0.25, -0.2) is 10.6 Å². The van der Waals surface area contributed by atoms with Crippen molar-refractivity contribution in [2.24, 2.45) is 5.84 Å². The summed E-state index contributed by atoms with van der Waals surface area (Å²) in [6.45, 7) is 1.83. The molecule has 1 aromatic rings. The van der Waals surface area contributed by atoms with Crippen LogP contribution in [0.25, 0.3) is 0 Å². The minimum atomic E-state index is -0.518. The minimum absolute atomic E-state index is 0.481. The molecule has 0 heterocycles. The molecule has 0 atom stereocenters. The van der Waals surface area contributed by atoms with E-state index in [0.717, 1.165) is 5.56 Å². The number of hydrogen-bond donors (Lipinski definition) is 3.